The Bertz CT molecular complexity index is 1150. The second kappa shape index (κ2) is 8.41. The van der Waals surface area contributed by atoms with E-state index in [4.69, 9.17) is 18.6 Å². The summed E-state index contributed by atoms with van der Waals surface area (Å²) >= 11 is 0. The molecule has 2 aromatic rings. The molecule has 1 aromatic heterocycles. The summed E-state index contributed by atoms with van der Waals surface area (Å²) in [5, 5.41) is 0.625. The van der Waals surface area contributed by atoms with Crippen molar-refractivity contribution in [3.8, 4) is 5.75 Å². The van der Waals surface area contributed by atoms with Crippen LogP contribution in [0.4, 0.5) is 0 Å². The molecule has 0 N–H and O–H groups in total. The topological polar surface area (TPSA) is 92.0 Å². The van der Waals surface area contributed by atoms with Gasteiger partial charge in [0.15, 0.2) is 12.2 Å². The maximum absolute atomic E-state index is 12.6. The lowest BCUT2D eigenvalue weighted by molar-refractivity contribution is -0.185. The molecule has 1 aromatic carbocycles. The highest BCUT2D eigenvalue weighted by molar-refractivity contribution is 5.88. The minimum atomic E-state index is -1.03. The minimum absolute atomic E-state index is 0.344. The van der Waals surface area contributed by atoms with Crippen LogP contribution in [0.2, 0.25) is 0 Å². The summed E-state index contributed by atoms with van der Waals surface area (Å²) < 4.78 is 22.9. The van der Waals surface area contributed by atoms with Crippen LogP contribution in [0.5, 0.6) is 5.75 Å². The van der Waals surface area contributed by atoms with Crippen LogP contribution < -0.4 is 10.4 Å². The Labute approximate surface area is 180 Å². The van der Waals surface area contributed by atoms with Crippen LogP contribution in [0.15, 0.2) is 56.8 Å². The number of esters is 2. The fraction of sp³-hybridized carbons (Fsp3) is 0.375. The molecule has 7 heteroatoms. The highest BCUT2D eigenvalue weighted by Gasteiger charge is 2.49. The van der Waals surface area contributed by atoms with Crippen molar-refractivity contribution in [2.75, 3.05) is 0 Å². The fourth-order valence-electron chi connectivity index (χ4n) is 3.34. The third kappa shape index (κ3) is 4.71. The molecular weight excluding hydrogens is 400 g/mol. The van der Waals surface area contributed by atoms with E-state index in [-0.39, 0.29) is 0 Å². The lowest BCUT2D eigenvalue weighted by Gasteiger charge is -2.43. The molecule has 0 aliphatic carbocycles. The first-order valence-electron chi connectivity index (χ1n) is 9.98. The quantitative estimate of drug-likeness (QED) is 0.407. The van der Waals surface area contributed by atoms with Gasteiger partial charge in [-0.05, 0) is 53.7 Å². The molecule has 0 saturated heterocycles. The van der Waals surface area contributed by atoms with E-state index in [0.29, 0.717) is 27.9 Å². The number of hydrogen-bond donors (Lipinski definition) is 0. The van der Waals surface area contributed by atoms with Crippen molar-refractivity contribution < 1.29 is 28.2 Å². The summed E-state index contributed by atoms with van der Waals surface area (Å²) in [5.41, 5.74) is 0.550. The fourth-order valence-corrected chi connectivity index (χ4v) is 3.34. The van der Waals surface area contributed by atoms with Gasteiger partial charge in [-0.3, -0.25) is 0 Å². The van der Waals surface area contributed by atoms with Crippen LogP contribution >= 0.6 is 0 Å². The summed E-state index contributed by atoms with van der Waals surface area (Å²) in [6, 6.07) is 6.22. The Hall–Kier alpha value is -3.35. The van der Waals surface area contributed by atoms with Crippen molar-refractivity contribution in [2.24, 2.45) is 0 Å². The van der Waals surface area contributed by atoms with Crippen molar-refractivity contribution in [3.63, 3.8) is 0 Å². The third-order valence-corrected chi connectivity index (χ3v) is 5.03. The maximum Gasteiger partial charge on any atom is 0.336 e. The van der Waals surface area contributed by atoms with Gasteiger partial charge in [0, 0.05) is 34.7 Å². The van der Waals surface area contributed by atoms with E-state index < -0.39 is 35.4 Å². The van der Waals surface area contributed by atoms with Gasteiger partial charge >= 0.3 is 17.6 Å². The van der Waals surface area contributed by atoms with E-state index in [0.717, 1.165) is 5.57 Å². The van der Waals surface area contributed by atoms with Crippen LogP contribution in [-0.4, -0.2) is 23.6 Å². The molecular formula is C24H26O7. The van der Waals surface area contributed by atoms with Crippen LogP contribution in [0.1, 0.15) is 53.2 Å². The van der Waals surface area contributed by atoms with Crippen molar-refractivity contribution in [3.05, 3.63) is 63.5 Å². The van der Waals surface area contributed by atoms with Gasteiger partial charge in [-0.25, -0.2) is 14.4 Å². The van der Waals surface area contributed by atoms with Crippen molar-refractivity contribution >= 4 is 22.9 Å². The summed E-state index contributed by atoms with van der Waals surface area (Å²) in [4.78, 5) is 36.7. The second-order valence-electron chi connectivity index (χ2n) is 8.26. The van der Waals surface area contributed by atoms with Crippen molar-refractivity contribution in [1.29, 1.82) is 0 Å². The van der Waals surface area contributed by atoms with Gasteiger partial charge in [-0.2, -0.15) is 0 Å². The normalized spacial score (nSPS) is 19.7. The van der Waals surface area contributed by atoms with E-state index in [1.165, 1.54) is 12.1 Å². The Balaban J connectivity index is 2.15. The molecule has 0 saturated carbocycles. The molecule has 1 aliphatic heterocycles. The van der Waals surface area contributed by atoms with E-state index in [1.54, 1.807) is 65.8 Å². The zero-order valence-electron chi connectivity index (χ0n) is 18.5. The van der Waals surface area contributed by atoms with Crippen LogP contribution in [0.25, 0.3) is 11.0 Å². The summed E-state index contributed by atoms with van der Waals surface area (Å²) in [5.74, 6) is -0.697. The van der Waals surface area contributed by atoms with Gasteiger partial charge < -0.3 is 18.6 Å². The molecule has 31 heavy (non-hydrogen) atoms. The molecule has 0 fully saturated rings. The molecule has 0 bridgehead atoms. The minimum Gasteiger partial charge on any atom is -0.483 e. The van der Waals surface area contributed by atoms with Crippen LogP contribution in [0.3, 0.4) is 0 Å². The van der Waals surface area contributed by atoms with E-state index in [9.17, 15) is 14.4 Å². The van der Waals surface area contributed by atoms with Gasteiger partial charge in [0.1, 0.15) is 16.9 Å². The monoisotopic (exact) mass is 426 g/mol. The average molecular weight is 426 g/mol. The highest BCUT2D eigenvalue weighted by atomic mass is 16.6. The van der Waals surface area contributed by atoms with Crippen LogP contribution in [0, 0.1) is 0 Å². The van der Waals surface area contributed by atoms with Gasteiger partial charge in [-0.1, -0.05) is 11.6 Å². The molecule has 1 aliphatic rings. The number of carbonyl (C=O) groups excluding carboxylic acids is 2. The number of rotatable bonds is 4. The second-order valence-corrected chi connectivity index (χ2v) is 8.26. The maximum atomic E-state index is 12.6. The zero-order valence-corrected chi connectivity index (χ0v) is 18.5. The van der Waals surface area contributed by atoms with Gasteiger partial charge in [0.25, 0.3) is 0 Å². The summed E-state index contributed by atoms with van der Waals surface area (Å²) in [6.07, 6.45) is 1.18. The van der Waals surface area contributed by atoms with E-state index >= 15 is 0 Å². The lowest BCUT2D eigenvalue weighted by atomic mass is 9.87. The smallest absolute Gasteiger partial charge is 0.336 e. The standard InChI is InChI=1S/C24H26O7/c1-7-14(4)23(27)30-21-16-11-15-8-9-19(25)28-17(15)12-18(16)31-24(5,6)22(21)29-20(26)10-13(2)3/h7-12,21-22H,1-6H3/b14-7-/t21-,22+/m1/s1. The van der Waals surface area contributed by atoms with Gasteiger partial charge in [-0.15, -0.1) is 0 Å². The highest BCUT2D eigenvalue weighted by Crippen LogP contribution is 2.45. The zero-order chi connectivity index (χ0) is 22.9. The number of hydrogen-bond acceptors (Lipinski definition) is 7. The first-order valence-corrected chi connectivity index (χ1v) is 9.98. The molecule has 7 nitrogen and oxygen atoms in total. The Morgan fingerprint density at radius 3 is 2.45 bits per heavy atom. The molecule has 2 heterocycles. The van der Waals surface area contributed by atoms with Gasteiger partial charge in [0.05, 0.1) is 0 Å². The molecule has 164 valence electrons. The van der Waals surface area contributed by atoms with Crippen LogP contribution in [-0.2, 0) is 19.1 Å². The van der Waals surface area contributed by atoms with E-state index in [2.05, 4.69) is 0 Å². The number of carbonyl (C=O) groups is 2. The number of fused-ring (bicyclic) bond motifs is 2. The summed E-state index contributed by atoms with van der Waals surface area (Å²) in [6.45, 7) is 10.4. The molecule has 2 atom stereocenters. The van der Waals surface area contributed by atoms with Gasteiger partial charge in [0.2, 0.25) is 0 Å². The Morgan fingerprint density at radius 2 is 1.81 bits per heavy atom. The molecule has 0 spiro atoms. The number of allylic oxidation sites excluding steroid dienone is 2. The predicted octanol–water partition coefficient (Wildman–Crippen LogP) is 4.39. The Kier molecular flexibility index (Phi) is 6.06. The number of ether oxygens (including phenoxy) is 3. The molecule has 0 radical (unpaired) electrons. The first-order chi connectivity index (χ1) is 14.5. The lowest BCUT2D eigenvalue weighted by Crippen LogP contribution is -2.52. The first kappa shape index (κ1) is 22.3. The third-order valence-electron chi connectivity index (χ3n) is 5.03. The van der Waals surface area contributed by atoms with Crippen molar-refractivity contribution in [2.45, 2.75) is 59.4 Å². The average Bonchev–Trinajstić information content (AvgIpc) is 2.67. The Morgan fingerprint density at radius 1 is 1.10 bits per heavy atom. The largest absolute Gasteiger partial charge is 0.483 e. The van der Waals surface area contributed by atoms with E-state index in [1.807, 2.05) is 0 Å². The SMILES string of the molecule is C/C=C(/C)C(=O)O[C@@H]1c2cc3ccc(=O)oc3cc2OC(C)(C)[C@H]1OC(=O)C=C(C)C. The predicted molar refractivity (Wildman–Crippen MR) is 115 cm³/mol. The molecule has 0 unspecified atom stereocenters. The molecule has 0 amide bonds. The van der Waals surface area contributed by atoms with Crippen molar-refractivity contribution in [1.82, 2.24) is 0 Å². The number of benzene rings is 1. The summed E-state index contributed by atoms with van der Waals surface area (Å²) in [7, 11) is 0. The molecule has 3 rings (SSSR count).